The van der Waals surface area contributed by atoms with E-state index in [9.17, 15) is 5.11 Å². The molecule has 3 heterocycles. The molecule has 2 aliphatic rings. The summed E-state index contributed by atoms with van der Waals surface area (Å²) in [6.07, 6.45) is 4.08. The highest BCUT2D eigenvalue weighted by molar-refractivity contribution is 5.69. The van der Waals surface area contributed by atoms with E-state index in [0.717, 1.165) is 60.6 Å². The number of aromatic nitrogens is 1. The van der Waals surface area contributed by atoms with Crippen LogP contribution in [-0.2, 0) is 6.54 Å². The van der Waals surface area contributed by atoms with Crippen molar-refractivity contribution in [3.05, 3.63) is 108 Å². The third-order valence-electron chi connectivity index (χ3n) is 7.24. The number of aromatic hydroxyl groups is 1. The number of benzene rings is 3. The first kappa shape index (κ1) is 20.9. The second kappa shape index (κ2) is 8.96. The van der Waals surface area contributed by atoms with Crippen molar-refractivity contribution in [1.82, 2.24) is 9.88 Å². The Hall–Kier alpha value is -3.63. The third kappa shape index (κ3) is 3.95. The average Bonchev–Trinajstić information content (AvgIpc) is 2.89. The van der Waals surface area contributed by atoms with Gasteiger partial charge in [0.15, 0.2) is 11.5 Å². The van der Waals surface area contributed by atoms with Crippen LogP contribution in [0.1, 0.15) is 35.6 Å². The van der Waals surface area contributed by atoms with Crippen molar-refractivity contribution in [2.24, 2.45) is 5.92 Å². The fraction of sp³-hybridized carbons (Fsp3) is 0.233. The number of piperidine rings is 1. The van der Waals surface area contributed by atoms with Gasteiger partial charge in [-0.1, -0.05) is 60.7 Å². The lowest BCUT2D eigenvalue weighted by molar-refractivity contribution is 0.164. The SMILES string of the molecule is Oc1cccc2c1Oc1cc(-c3ccccc3)ccc1C2C1CCN(Cc2ccccn2)CC1. The molecule has 1 unspecified atom stereocenters. The van der Waals surface area contributed by atoms with E-state index in [1.54, 1.807) is 6.07 Å². The molecule has 6 rings (SSSR count). The minimum Gasteiger partial charge on any atom is -0.504 e. The Morgan fingerprint density at radius 2 is 1.65 bits per heavy atom. The average molecular weight is 449 g/mol. The molecule has 0 aliphatic carbocycles. The third-order valence-corrected chi connectivity index (χ3v) is 7.24. The molecule has 1 atom stereocenters. The topological polar surface area (TPSA) is 45.6 Å². The summed E-state index contributed by atoms with van der Waals surface area (Å²) in [5.74, 6) is 2.39. The molecule has 1 fully saturated rings. The molecule has 0 saturated carbocycles. The van der Waals surface area contributed by atoms with Gasteiger partial charge in [-0.25, -0.2) is 0 Å². The van der Waals surface area contributed by atoms with Crippen molar-refractivity contribution < 1.29 is 9.84 Å². The summed E-state index contributed by atoms with van der Waals surface area (Å²) >= 11 is 0. The molecule has 1 N–H and O–H groups in total. The molecule has 34 heavy (non-hydrogen) atoms. The van der Waals surface area contributed by atoms with E-state index in [1.807, 2.05) is 24.4 Å². The van der Waals surface area contributed by atoms with Crippen LogP contribution in [0.25, 0.3) is 11.1 Å². The van der Waals surface area contributed by atoms with Crippen LogP contribution in [-0.4, -0.2) is 28.1 Å². The monoisotopic (exact) mass is 448 g/mol. The predicted molar refractivity (Wildman–Crippen MR) is 134 cm³/mol. The standard InChI is InChI=1S/C30H28N2O2/c33-27-11-6-10-26-29(22-14-17-32(18-15-22)20-24-9-4-5-16-31-24)25-13-12-23(19-28(25)34-30(26)27)21-7-2-1-3-8-21/h1-13,16,19,22,29,33H,14-15,17-18,20H2. The summed E-state index contributed by atoms with van der Waals surface area (Å²) in [4.78, 5) is 7.00. The molecule has 0 bridgehead atoms. The molecule has 1 aromatic heterocycles. The minimum atomic E-state index is 0.214. The number of phenols is 1. The molecule has 4 aromatic rings. The van der Waals surface area contributed by atoms with Gasteiger partial charge in [0.05, 0.1) is 5.69 Å². The summed E-state index contributed by atoms with van der Waals surface area (Å²) in [7, 11) is 0. The normalized spacial score (nSPS) is 18.1. The number of nitrogens with zero attached hydrogens (tertiary/aromatic N) is 2. The maximum absolute atomic E-state index is 10.7. The highest BCUT2D eigenvalue weighted by Crippen LogP contribution is 2.53. The zero-order valence-electron chi connectivity index (χ0n) is 19.1. The quantitative estimate of drug-likeness (QED) is 0.382. The maximum Gasteiger partial charge on any atom is 0.172 e. The van der Waals surface area contributed by atoms with Crippen LogP contribution in [0.2, 0.25) is 0 Å². The van der Waals surface area contributed by atoms with Gasteiger partial charge in [-0.05, 0) is 67.2 Å². The number of fused-ring (bicyclic) bond motifs is 2. The van der Waals surface area contributed by atoms with Crippen LogP contribution in [0, 0.1) is 5.92 Å². The molecular formula is C30H28N2O2. The van der Waals surface area contributed by atoms with Crippen molar-refractivity contribution in [2.75, 3.05) is 13.1 Å². The highest BCUT2D eigenvalue weighted by atomic mass is 16.5. The molecule has 2 aliphatic heterocycles. The summed E-state index contributed by atoms with van der Waals surface area (Å²) in [6, 6.07) is 28.8. The van der Waals surface area contributed by atoms with Crippen LogP contribution >= 0.6 is 0 Å². The van der Waals surface area contributed by atoms with E-state index in [0.29, 0.717) is 11.7 Å². The summed E-state index contributed by atoms with van der Waals surface area (Å²) in [5.41, 5.74) is 5.74. The van der Waals surface area contributed by atoms with Gasteiger partial charge in [0.25, 0.3) is 0 Å². The van der Waals surface area contributed by atoms with E-state index < -0.39 is 0 Å². The van der Waals surface area contributed by atoms with Crippen LogP contribution in [0.5, 0.6) is 17.2 Å². The molecular weight excluding hydrogens is 420 g/mol. The van der Waals surface area contributed by atoms with Crippen LogP contribution in [0.3, 0.4) is 0 Å². The van der Waals surface area contributed by atoms with Gasteiger partial charge in [-0.15, -0.1) is 0 Å². The van der Waals surface area contributed by atoms with Crippen LogP contribution in [0.4, 0.5) is 0 Å². The first-order chi connectivity index (χ1) is 16.8. The van der Waals surface area contributed by atoms with Crippen molar-refractivity contribution >= 4 is 0 Å². The fourth-order valence-corrected chi connectivity index (χ4v) is 5.54. The summed E-state index contributed by atoms with van der Waals surface area (Å²) in [5, 5.41) is 10.7. The zero-order chi connectivity index (χ0) is 22.9. The number of ether oxygens (including phenoxy) is 1. The molecule has 4 heteroatoms. The molecule has 0 spiro atoms. The number of para-hydroxylation sites is 1. The Balaban J connectivity index is 1.30. The lowest BCUT2D eigenvalue weighted by Crippen LogP contribution is -2.36. The number of rotatable bonds is 4. The molecule has 170 valence electrons. The Labute approximate surface area is 200 Å². The second-order valence-corrected chi connectivity index (χ2v) is 9.33. The Morgan fingerprint density at radius 1 is 0.824 bits per heavy atom. The van der Waals surface area contributed by atoms with Crippen molar-refractivity contribution in [3.8, 4) is 28.4 Å². The highest BCUT2D eigenvalue weighted by Gasteiger charge is 2.36. The fourth-order valence-electron chi connectivity index (χ4n) is 5.54. The maximum atomic E-state index is 10.7. The predicted octanol–water partition coefficient (Wildman–Crippen LogP) is 6.60. The number of likely N-dealkylation sites (tertiary alicyclic amines) is 1. The van der Waals surface area contributed by atoms with Gasteiger partial charge < -0.3 is 9.84 Å². The number of pyridine rings is 1. The van der Waals surface area contributed by atoms with Crippen molar-refractivity contribution in [1.29, 1.82) is 0 Å². The van der Waals surface area contributed by atoms with E-state index in [4.69, 9.17) is 4.74 Å². The van der Waals surface area contributed by atoms with Crippen LogP contribution in [0.15, 0.2) is 91.1 Å². The van der Waals surface area contributed by atoms with Gasteiger partial charge in [0.1, 0.15) is 5.75 Å². The smallest absolute Gasteiger partial charge is 0.172 e. The zero-order valence-corrected chi connectivity index (χ0v) is 19.1. The largest absolute Gasteiger partial charge is 0.504 e. The molecule has 3 aromatic carbocycles. The lowest BCUT2D eigenvalue weighted by Gasteiger charge is -2.39. The van der Waals surface area contributed by atoms with E-state index in [2.05, 4.69) is 70.5 Å². The lowest BCUT2D eigenvalue weighted by atomic mass is 9.74. The first-order valence-electron chi connectivity index (χ1n) is 12.1. The van der Waals surface area contributed by atoms with E-state index in [1.165, 1.54) is 5.56 Å². The summed E-state index contributed by atoms with van der Waals surface area (Å²) in [6.45, 7) is 2.99. The van der Waals surface area contributed by atoms with Gasteiger partial charge in [0, 0.05) is 29.8 Å². The van der Waals surface area contributed by atoms with Crippen molar-refractivity contribution in [2.45, 2.75) is 25.3 Å². The van der Waals surface area contributed by atoms with Gasteiger partial charge in [-0.3, -0.25) is 9.88 Å². The molecule has 1 saturated heterocycles. The van der Waals surface area contributed by atoms with Crippen molar-refractivity contribution in [3.63, 3.8) is 0 Å². The van der Waals surface area contributed by atoms with Crippen LogP contribution < -0.4 is 4.74 Å². The number of hydrogen-bond acceptors (Lipinski definition) is 4. The number of phenolic OH excluding ortho intramolecular Hbond substituents is 1. The summed E-state index contributed by atoms with van der Waals surface area (Å²) < 4.78 is 6.32. The van der Waals surface area contributed by atoms with E-state index >= 15 is 0 Å². The Kier molecular flexibility index (Phi) is 5.52. The van der Waals surface area contributed by atoms with Gasteiger partial charge in [0.2, 0.25) is 0 Å². The van der Waals surface area contributed by atoms with Gasteiger partial charge in [-0.2, -0.15) is 0 Å². The molecule has 4 nitrogen and oxygen atoms in total. The first-order valence-corrected chi connectivity index (χ1v) is 12.1. The minimum absolute atomic E-state index is 0.214. The molecule has 0 radical (unpaired) electrons. The Bertz CT molecular complexity index is 1280. The van der Waals surface area contributed by atoms with Gasteiger partial charge >= 0.3 is 0 Å². The second-order valence-electron chi connectivity index (χ2n) is 9.33. The Morgan fingerprint density at radius 3 is 2.44 bits per heavy atom. The number of hydrogen-bond donors (Lipinski definition) is 1. The van der Waals surface area contributed by atoms with E-state index in [-0.39, 0.29) is 11.7 Å². The molecule has 0 amide bonds.